The third kappa shape index (κ3) is 4.82. The van der Waals surface area contributed by atoms with Crippen LogP contribution in [0, 0.1) is 0 Å². The van der Waals surface area contributed by atoms with E-state index in [4.69, 9.17) is 5.73 Å². The minimum Gasteiger partial charge on any atom is -0.398 e. The highest BCUT2D eigenvalue weighted by molar-refractivity contribution is 6.08. The van der Waals surface area contributed by atoms with E-state index >= 15 is 0 Å². The van der Waals surface area contributed by atoms with E-state index in [0.29, 0.717) is 16.9 Å². The van der Waals surface area contributed by atoms with Gasteiger partial charge in [0, 0.05) is 30.0 Å². The number of alkyl halides is 3. The molecule has 9 heteroatoms. The van der Waals surface area contributed by atoms with Gasteiger partial charge >= 0.3 is 6.18 Å². The molecule has 6 nitrogen and oxygen atoms in total. The monoisotopic (exact) mass is 441 g/mol. The normalized spacial score (nSPS) is 14.3. The van der Waals surface area contributed by atoms with Crippen LogP contribution < -0.4 is 16.0 Å². The summed E-state index contributed by atoms with van der Waals surface area (Å²) < 4.78 is 38.8. The van der Waals surface area contributed by atoms with Crippen LogP contribution in [0.1, 0.15) is 35.2 Å². The van der Waals surface area contributed by atoms with Gasteiger partial charge in [0.2, 0.25) is 0 Å². The van der Waals surface area contributed by atoms with Crippen LogP contribution in [-0.2, 0) is 6.18 Å². The molecule has 0 unspecified atom stereocenters. The van der Waals surface area contributed by atoms with Crippen molar-refractivity contribution in [2.45, 2.75) is 25.4 Å². The van der Waals surface area contributed by atoms with Crippen LogP contribution in [0.3, 0.4) is 0 Å². The molecule has 1 aliphatic rings. The largest absolute Gasteiger partial charge is 0.416 e. The van der Waals surface area contributed by atoms with E-state index in [2.05, 4.69) is 20.2 Å². The second kappa shape index (κ2) is 8.86. The Morgan fingerprint density at radius 2 is 1.72 bits per heavy atom. The first-order chi connectivity index (χ1) is 15.3. The van der Waals surface area contributed by atoms with E-state index in [0.717, 1.165) is 43.8 Å². The van der Waals surface area contributed by atoms with E-state index in [-0.39, 0.29) is 11.4 Å². The molecule has 1 aliphatic heterocycles. The van der Waals surface area contributed by atoms with Crippen molar-refractivity contribution in [3.8, 4) is 11.4 Å². The van der Waals surface area contributed by atoms with Gasteiger partial charge in [0.05, 0.1) is 29.2 Å². The second-order valence-corrected chi connectivity index (χ2v) is 7.65. The highest BCUT2D eigenvalue weighted by Crippen LogP contribution is 2.31. The highest BCUT2D eigenvalue weighted by Gasteiger charge is 2.30. The number of benzene rings is 2. The van der Waals surface area contributed by atoms with Gasteiger partial charge in [-0.25, -0.2) is 9.97 Å². The number of halogens is 3. The maximum Gasteiger partial charge on any atom is 0.416 e. The molecule has 1 saturated heterocycles. The smallest absolute Gasteiger partial charge is 0.398 e. The Bertz CT molecular complexity index is 1110. The molecule has 1 amide bonds. The number of carbonyl (C=O) groups is 1. The zero-order valence-electron chi connectivity index (χ0n) is 17.2. The Kier molecular flexibility index (Phi) is 5.98. The summed E-state index contributed by atoms with van der Waals surface area (Å²) >= 11 is 0. The summed E-state index contributed by atoms with van der Waals surface area (Å²) in [6, 6.07) is 10.2. The van der Waals surface area contributed by atoms with Gasteiger partial charge in [0.25, 0.3) is 5.91 Å². The Balaban J connectivity index is 1.50. The van der Waals surface area contributed by atoms with Crippen LogP contribution >= 0.6 is 0 Å². The molecule has 3 aromatic rings. The average molecular weight is 441 g/mol. The molecule has 0 bridgehead atoms. The number of carbonyl (C=O) groups excluding carboxylic acids is 1. The van der Waals surface area contributed by atoms with Crippen molar-refractivity contribution in [2.24, 2.45) is 0 Å². The predicted molar refractivity (Wildman–Crippen MR) is 117 cm³/mol. The number of amides is 1. The first-order valence-corrected chi connectivity index (χ1v) is 10.3. The third-order valence-electron chi connectivity index (χ3n) is 5.36. The number of aromatic nitrogens is 2. The van der Waals surface area contributed by atoms with Gasteiger partial charge in [-0.1, -0.05) is 12.1 Å². The van der Waals surface area contributed by atoms with E-state index in [9.17, 15) is 18.0 Å². The van der Waals surface area contributed by atoms with Gasteiger partial charge in [-0.3, -0.25) is 4.79 Å². The Hall–Kier alpha value is -3.62. The van der Waals surface area contributed by atoms with Crippen LogP contribution in [0.15, 0.2) is 54.9 Å². The van der Waals surface area contributed by atoms with Gasteiger partial charge < -0.3 is 16.0 Å². The van der Waals surface area contributed by atoms with Gasteiger partial charge in [-0.05, 0) is 49.6 Å². The molecule has 0 aliphatic carbocycles. The first kappa shape index (κ1) is 21.6. The number of nitrogens with one attached hydrogen (secondary N) is 1. The SMILES string of the molecule is Nc1ccc(N2CCCCC2)cc1C(=O)Nc1cnc(-c2cccc(C(F)(F)F)c2)nc1. The van der Waals surface area contributed by atoms with Crippen LogP contribution in [0.4, 0.5) is 30.2 Å². The summed E-state index contributed by atoms with van der Waals surface area (Å²) in [6.45, 7) is 1.88. The molecule has 0 radical (unpaired) electrons. The molecular weight excluding hydrogens is 419 g/mol. The molecule has 1 fully saturated rings. The number of nitrogens with zero attached hydrogens (tertiary/aromatic N) is 3. The third-order valence-corrected chi connectivity index (χ3v) is 5.36. The van der Waals surface area contributed by atoms with Crippen molar-refractivity contribution < 1.29 is 18.0 Å². The van der Waals surface area contributed by atoms with E-state index in [1.807, 2.05) is 6.07 Å². The fraction of sp³-hybridized carbons (Fsp3) is 0.261. The molecule has 32 heavy (non-hydrogen) atoms. The lowest BCUT2D eigenvalue weighted by Gasteiger charge is -2.29. The summed E-state index contributed by atoms with van der Waals surface area (Å²) in [5.41, 5.74) is 7.43. The fourth-order valence-electron chi connectivity index (χ4n) is 3.66. The van der Waals surface area contributed by atoms with Crippen LogP contribution in [-0.4, -0.2) is 29.0 Å². The summed E-state index contributed by atoms with van der Waals surface area (Å²) in [5.74, 6) is -0.280. The molecule has 0 atom stereocenters. The summed E-state index contributed by atoms with van der Waals surface area (Å²) in [6.07, 6.45) is 1.68. The summed E-state index contributed by atoms with van der Waals surface area (Å²) in [7, 11) is 0. The number of rotatable bonds is 4. The first-order valence-electron chi connectivity index (χ1n) is 10.3. The van der Waals surface area contributed by atoms with Crippen LogP contribution in [0.2, 0.25) is 0 Å². The van der Waals surface area contributed by atoms with E-state index in [1.54, 1.807) is 12.1 Å². The standard InChI is InChI=1S/C23H22F3N5O/c24-23(25,26)16-6-4-5-15(11-16)21-28-13-17(14-29-21)30-22(32)19-12-18(7-8-20(19)27)31-9-2-1-3-10-31/h4-8,11-14H,1-3,9-10,27H2,(H,30,32). The zero-order chi connectivity index (χ0) is 22.7. The van der Waals surface area contributed by atoms with E-state index in [1.165, 1.54) is 30.9 Å². The van der Waals surface area contributed by atoms with Crippen molar-refractivity contribution in [3.05, 3.63) is 66.0 Å². The Labute approximate surface area is 183 Å². The molecule has 0 saturated carbocycles. The molecule has 2 aromatic carbocycles. The maximum absolute atomic E-state index is 12.9. The van der Waals surface area contributed by atoms with Crippen LogP contribution in [0.5, 0.6) is 0 Å². The number of hydrogen-bond acceptors (Lipinski definition) is 5. The number of piperidine rings is 1. The number of hydrogen-bond donors (Lipinski definition) is 2. The number of nitrogen functional groups attached to an aromatic ring is 1. The lowest BCUT2D eigenvalue weighted by molar-refractivity contribution is -0.137. The highest BCUT2D eigenvalue weighted by atomic mass is 19.4. The lowest BCUT2D eigenvalue weighted by atomic mass is 10.1. The van der Waals surface area contributed by atoms with Crippen molar-refractivity contribution >= 4 is 23.0 Å². The quantitative estimate of drug-likeness (QED) is 0.558. The minimum absolute atomic E-state index is 0.126. The average Bonchev–Trinajstić information content (AvgIpc) is 2.80. The van der Waals surface area contributed by atoms with Crippen molar-refractivity contribution in [3.63, 3.8) is 0 Å². The number of nitrogens with two attached hydrogens (primary N) is 1. The summed E-state index contributed by atoms with van der Waals surface area (Å²) in [5, 5.41) is 2.70. The van der Waals surface area contributed by atoms with Crippen molar-refractivity contribution in [1.82, 2.24) is 9.97 Å². The predicted octanol–water partition coefficient (Wildman–Crippen LogP) is 4.99. The Morgan fingerprint density at radius 3 is 2.41 bits per heavy atom. The molecule has 0 spiro atoms. The van der Waals surface area contributed by atoms with Gasteiger partial charge in [0.1, 0.15) is 0 Å². The second-order valence-electron chi connectivity index (χ2n) is 7.65. The van der Waals surface area contributed by atoms with Gasteiger partial charge in [-0.15, -0.1) is 0 Å². The molecular formula is C23H22F3N5O. The molecule has 4 rings (SSSR count). The Morgan fingerprint density at radius 1 is 1.00 bits per heavy atom. The number of anilines is 3. The van der Waals surface area contributed by atoms with Gasteiger partial charge in [0.15, 0.2) is 5.82 Å². The topological polar surface area (TPSA) is 84.1 Å². The lowest BCUT2D eigenvalue weighted by Crippen LogP contribution is -2.29. The summed E-state index contributed by atoms with van der Waals surface area (Å²) in [4.78, 5) is 23.2. The zero-order valence-corrected chi connectivity index (χ0v) is 17.2. The molecule has 2 heterocycles. The van der Waals surface area contributed by atoms with Crippen LogP contribution in [0.25, 0.3) is 11.4 Å². The minimum atomic E-state index is -4.45. The van der Waals surface area contributed by atoms with Crippen molar-refractivity contribution in [2.75, 3.05) is 29.0 Å². The van der Waals surface area contributed by atoms with E-state index < -0.39 is 17.6 Å². The fourth-order valence-corrected chi connectivity index (χ4v) is 3.66. The van der Waals surface area contributed by atoms with Crippen molar-refractivity contribution in [1.29, 1.82) is 0 Å². The molecule has 1 aromatic heterocycles. The van der Waals surface area contributed by atoms with Gasteiger partial charge in [-0.2, -0.15) is 13.2 Å². The maximum atomic E-state index is 12.9. The molecule has 3 N–H and O–H groups in total. The molecule has 166 valence electrons.